The molecule has 0 atom stereocenters. The SMILES string of the molecule is CCC1CCN(c2nc(C)[nH]c2N)CC1. The van der Waals surface area contributed by atoms with Gasteiger partial charge in [-0.05, 0) is 25.7 Å². The van der Waals surface area contributed by atoms with Crippen molar-refractivity contribution in [1.29, 1.82) is 0 Å². The summed E-state index contributed by atoms with van der Waals surface area (Å²) < 4.78 is 0. The van der Waals surface area contributed by atoms with Crippen LogP contribution in [-0.4, -0.2) is 23.1 Å². The Balaban J connectivity index is 2.04. The van der Waals surface area contributed by atoms with Crippen molar-refractivity contribution in [3.05, 3.63) is 5.82 Å². The fourth-order valence-corrected chi connectivity index (χ4v) is 2.29. The van der Waals surface area contributed by atoms with E-state index >= 15 is 0 Å². The minimum atomic E-state index is 0.711. The number of rotatable bonds is 2. The molecule has 1 aliphatic heterocycles. The van der Waals surface area contributed by atoms with Gasteiger partial charge in [-0.25, -0.2) is 4.98 Å². The van der Waals surface area contributed by atoms with Crippen molar-refractivity contribution in [3.8, 4) is 0 Å². The molecule has 4 nitrogen and oxygen atoms in total. The van der Waals surface area contributed by atoms with Gasteiger partial charge in [0.05, 0.1) is 0 Å². The first-order chi connectivity index (χ1) is 7.20. The predicted octanol–water partition coefficient (Wildman–Crippen LogP) is 1.93. The second-order valence-electron chi connectivity index (χ2n) is 4.40. The Kier molecular flexibility index (Phi) is 2.84. The number of aryl methyl sites for hydroxylation is 1. The smallest absolute Gasteiger partial charge is 0.171 e. The van der Waals surface area contributed by atoms with E-state index in [1.54, 1.807) is 0 Å². The van der Waals surface area contributed by atoms with Crippen molar-refractivity contribution in [2.75, 3.05) is 23.7 Å². The lowest BCUT2D eigenvalue weighted by molar-refractivity contribution is 0.394. The Bertz CT molecular complexity index is 323. The van der Waals surface area contributed by atoms with E-state index in [2.05, 4.69) is 21.8 Å². The topological polar surface area (TPSA) is 57.9 Å². The van der Waals surface area contributed by atoms with Gasteiger partial charge in [0.25, 0.3) is 0 Å². The van der Waals surface area contributed by atoms with Crippen molar-refractivity contribution < 1.29 is 0 Å². The maximum absolute atomic E-state index is 5.88. The molecule has 1 saturated heterocycles. The molecule has 1 aliphatic rings. The summed E-state index contributed by atoms with van der Waals surface area (Å²) in [5.74, 6) is 3.45. The Morgan fingerprint density at radius 2 is 2.13 bits per heavy atom. The summed E-state index contributed by atoms with van der Waals surface area (Å²) in [6, 6.07) is 0. The predicted molar refractivity (Wildman–Crippen MR) is 63.0 cm³/mol. The van der Waals surface area contributed by atoms with Crippen LogP contribution in [0.15, 0.2) is 0 Å². The zero-order chi connectivity index (χ0) is 10.8. The van der Waals surface area contributed by atoms with E-state index < -0.39 is 0 Å². The Hall–Kier alpha value is -1.19. The van der Waals surface area contributed by atoms with E-state index in [0.717, 1.165) is 30.6 Å². The summed E-state index contributed by atoms with van der Waals surface area (Å²) in [6.07, 6.45) is 3.83. The number of nitrogens with zero attached hydrogens (tertiary/aromatic N) is 2. The highest BCUT2D eigenvalue weighted by atomic mass is 15.2. The van der Waals surface area contributed by atoms with Crippen molar-refractivity contribution in [2.24, 2.45) is 5.92 Å². The molecule has 0 saturated carbocycles. The summed E-state index contributed by atoms with van der Waals surface area (Å²) in [5, 5.41) is 0. The monoisotopic (exact) mass is 208 g/mol. The molecule has 1 aromatic rings. The first-order valence-corrected chi connectivity index (χ1v) is 5.77. The molecule has 0 aliphatic carbocycles. The van der Waals surface area contributed by atoms with Crippen LogP contribution < -0.4 is 10.6 Å². The highest BCUT2D eigenvalue weighted by Gasteiger charge is 2.21. The van der Waals surface area contributed by atoms with Crippen molar-refractivity contribution in [2.45, 2.75) is 33.1 Å². The van der Waals surface area contributed by atoms with Crippen LogP contribution in [0.3, 0.4) is 0 Å². The number of anilines is 2. The summed E-state index contributed by atoms with van der Waals surface area (Å²) in [7, 11) is 0. The van der Waals surface area contributed by atoms with E-state index in [4.69, 9.17) is 5.73 Å². The lowest BCUT2D eigenvalue weighted by atomic mass is 9.94. The van der Waals surface area contributed by atoms with Gasteiger partial charge in [0, 0.05) is 13.1 Å². The van der Waals surface area contributed by atoms with Crippen LogP contribution >= 0.6 is 0 Å². The van der Waals surface area contributed by atoms with E-state index in [0.29, 0.717) is 5.82 Å². The van der Waals surface area contributed by atoms with Gasteiger partial charge in [0.15, 0.2) is 5.82 Å². The third-order valence-corrected chi connectivity index (χ3v) is 3.32. The van der Waals surface area contributed by atoms with Gasteiger partial charge in [-0.2, -0.15) is 0 Å². The molecular weight excluding hydrogens is 188 g/mol. The van der Waals surface area contributed by atoms with Gasteiger partial charge in [-0.1, -0.05) is 13.3 Å². The van der Waals surface area contributed by atoms with Crippen LogP contribution in [0.1, 0.15) is 32.0 Å². The summed E-state index contributed by atoms with van der Waals surface area (Å²) in [6.45, 7) is 6.39. The number of imidazole rings is 1. The third kappa shape index (κ3) is 2.08. The Morgan fingerprint density at radius 1 is 1.47 bits per heavy atom. The maximum Gasteiger partial charge on any atom is 0.171 e. The van der Waals surface area contributed by atoms with Crippen LogP contribution in [0, 0.1) is 12.8 Å². The molecule has 4 heteroatoms. The van der Waals surface area contributed by atoms with Gasteiger partial charge in [-0.15, -0.1) is 0 Å². The molecule has 2 rings (SSSR count). The second-order valence-corrected chi connectivity index (χ2v) is 4.40. The number of H-pyrrole nitrogens is 1. The average Bonchev–Trinajstić information content (AvgIpc) is 2.58. The molecule has 2 heterocycles. The Morgan fingerprint density at radius 3 is 2.60 bits per heavy atom. The number of piperidine rings is 1. The zero-order valence-corrected chi connectivity index (χ0v) is 9.58. The van der Waals surface area contributed by atoms with Crippen LogP contribution in [0.5, 0.6) is 0 Å². The standard InChI is InChI=1S/C11H20N4/c1-3-9-4-6-15(7-5-9)11-10(12)13-8(2)14-11/h9H,3-7,12H2,1-2H3,(H,13,14). The molecule has 84 valence electrons. The number of hydrogen-bond acceptors (Lipinski definition) is 3. The molecule has 15 heavy (non-hydrogen) atoms. The second kappa shape index (κ2) is 4.13. The van der Waals surface area contributed by atoms with E-state index in [1.165, 1.54) is 19.3 Å². The number of aromatic nitrogens is 2. The molecule has 0 unspecified atom stereocenters. The van der Waals surface area contributed by atoms with Gasteiger partial charge in [-0.3, -0.25) is 0 Å². The molecule has 0 amide bonds. The van der Waals surface area contributed by atoms with E-state index in [9.17, 15) is 0 Å². The molecule has 0 aromatic carbocycles. The highest BCUT2D eigenvalue weighted by molar-refractivity contribution is 5.59. The molecule has 1 aromatic heterocycles. The Labute approximate surface area is 90.9 Å². The molecule has 0 spiro atoms. The van der Waals surface area contributed by atoms with Crippen molar-refractivity contribution in [3.63, 3.8) is 0 Å². The minimum absolute atomic E-state index is 0.711. The van der Waals surface area contributed by atoms with Gasteiger partial charge in [0.2, 0.25) is 0 Å². The number of hydrogen-bond donors (Lipinski definition) is 2. The lowest BCUT2D eigenvalue weighted by Gasteiger charge is -2.31. The molecule has 1 fully saturated rings. The normalized spacial score (nSPS) is 18.4. The van der Waals surface area contributed by atoms with Gasteiger partial charge in [0.1, 0.15) is 11.6 Å². The zero-order valence-electron chi connectivity index (χ0n) is 9.58. The first-order valence-electron chi connectivity index (χ1n) is 5.77. The van der Waals surface area contributed by atoms with Crippen LogP contribution in [0.25, 0.3) is 0 Å². The quantitative estimate of drug-likeness (QED) is 0.780. The molecular formula is C11H20N4. The third-order valence-electron chi connectivity index (χ3n) is 3.32. The van der Waals surface area contributed by atoms with Gasteiger partial charge >= 0.3 is 0 Å². The number of nitrogens with two attached hydrogens (primary N) is 1. The first kappa shape index (κ1) is 10.3. The van der Waals surface area contributed by atoms with Crippen molar-refractivity contribution in [1.82, 2.24) is 9.97 Å². The van der Waals surface area contributed by atoms with Crippen LogP contribution in [-0.2, 0) is 0 Å². The average molecular weight is 208 g/mol. The summed E-state index contributed by atoms with van der Waals surface area (Å²) >= 11 is 0. The molecule has 3 N–H and O–H groups in total. The van der Waals surface area contributed by atoms with Crippen LogP contribution in [0.4, 0.5) is 11.6 Å². The van der Waals surface area contributed by atoms with E-state index in [1.807, 2.05) is 6.92 Å². The summed E-state index contributed by atoms with van der Waals surface area (Å²) in [4.78, 5) is 9.78. The molecule has 0 radical (unpaired) electrons. The molecule has 0 bridgehead atoms. The van der Waals surface area contributed by atoms with E-state index in [-0.39, 0.29) is 0 Å². The minimum Gasteiger partial charge on any atom is -0.382 e. The van der Waals surface area contributed by atoms with Crippen LogP contribution in [0.2, 0.25) is 0 Å². The fourth-order valence-electron chi connectivity index (χ4n) is 2.29. The summed E-state index contributed by atoms with van der Waals surface area (Å²) in [5.41, 5.74) is 5.88. The van der Waals surface area contributed by atoms with Gasteiger partial charge < -0.3 is 15.6 Å². The fraction of sp³-hybridized carbons (Fsp3) is 0.727. The lowest BCUT2D eigenvalue weighted by Crippen LogP contribution is -2.34. The highest BCUT2D eigenvalue weighted by Crippen LogP contribution is 2.27. The largest absolute Gasteiger partial charge is 0.382 e. The number of aromatic amines is 1. The maximum atomic E-state index is 5.88. The number of nitrogen functional groups attached to an aromatic ring is 1. The number of nitrogens with one attached hydrogen (secondary N) is 1. The van der Waals surface area contributed by atoms with Crippen molar-refractivity contribution >= 4 is 11.6 Å².